The molecule has 2 nitrogen and oxygen atoms in total. The molecule has 0 spiro atoms. The SMILES string of the molecule is CC(=S)N(C)C(C)c1ccncc1. The molecular formula is C10H14N2S. The summed E-state index contributed by atoms with van der Waals surface area (Å²) in [5.74, 6) is 0. The monoisotopic (exact) mass is 194 g/mol. The zero-order valence-corrected chi connectivity index (χ0v) is 9.01. The Bertz CT molecular complexity index is 284. The van der Waals surface area contributed by atoms with E-state index in [1.807, 2.05) is 26.1 Å². The van der Waals surface area contributed by atoms with Crippen LogP contribution in [0.2, 0.25) is 0 Å². The summed E-state index contributed by atoms with van der Waals surface area (Å²) in [5, 5.41) is 0. The van der Waals surface area contributed by atoms with Gasteiger partial charge in [0.2, 0.25) is 0 Å². The van der Waals surface area contributed by atoms with E-state index in [1.165, 1.54) is 5.56 Å². The minimum absolute atomic E-state index is 0.320. The normalized spacial score (nSPS) is 12.2. The Kier molecular flexibility index (Phi) is 3.37. The number of rotatable bonds is 2. The summed E-state index contributed by atoms with van der Waals surface area (Å²) in [6, 6.07) is 4.35. The van der Waals surface area contributed by atoms with Gasteiger partial charge in [-0.1, -0.05) is 12.2 Å². The molecule has 1 atom stereocenters. The maximum atomic E-state index is 5.10. The average molecular weight is 194 g/mol. The van der Waals surface area contributed by atoms with Crippen LogP contribution in [0.25, 0.3) is 0 Å². The van der Waals surface area contributed by atoms with Crippen molar-refractivity contribution in [3.05, 3.63) is 30.1 Å². The lowest BCUT2D eigenvalue weighted by Gasteiger charge is -2.25. The van der Waals surface area contributed by atoms with Crippen molar-refractivity contribution in [3.8, 4) is 0 Å². The predicted molar refractivity (Wildman–Crippen MR) is 58.7 cm³/mol. The molecule has 0 fully saturated rings. The van der Waals surface area contributed by atoms with Crippen molar-refractivity contribution in [1.29, 1.82) is 0 Å². The minimum atomic E-state index is 0.320. The molecule has 3 heteroatoms. The number of aromatic nitrogens is 1. The second kappa shape index (κ2) is 4.33. The fourth-order valence-corrected chi connectivity index (χ4v) is 1.30. The van der Waals surface area contributed by atoms with Crippen molar-refractivity contribution in [3.63, 3.8) is 0 Å². The van der Waals surface area contributed by atoms with Crippen LogP contribution in [0, 0.1) is 0 Å². The minimum Gasteiger partial charge on any atom is -0.363 e. The first kappa shape index (κ1) is 10.1. The lowest BCUT2D eigenvalue weighted by atomic mass is 10.1. The van der Waals surface area contributed by atoms with Crippen molar-refractivity contribution in [2.45, 2.75) is 19.9 Å². The molecule has 1 unspecified atom stereocenters. The Balaban J connectivity index is 2.79. The smallest absolute Gasteiger partial charge is 0.0750 e. The third-order valence-corrected chi connectivity index (χ3v) is 2.55. The first-order valence-electron chi connectivity index (χ1n) is 4.26. The summed E-state index contributed by atoms with van der Waals surface area (Å²) in [6.45, 7) is 4.07. The van der Waals surface area contributed by atoms with Gasteiger partial charge in [0.25, 0.3) is 0 Å². The van der Waals surface area contributed by atoms with Gasteiger partial charge in [-0.15, -0.1) is 0 Å². The van der Waals surface area contributed by atoms with Crippen molar-refractivity contribution >= 4 is 17.2 Å². The van der Waals surface area contributed by atoms with Gasteiger partial charge >= 0.3 is 0 Å². The van der Waals surface area contributed by atoms with Crippen LogP contribution in [0.4, 0.5) is 0 Å². The van der Waals surface area contributed by atoms with Gasteiger partial charge in [-0.05, 0) is 31.5 Å². The Morgan fingerprint density at radius 2 is 2.00 bits per heavy atom. The maximum Gasteiger partial charge on any atom is 0.0750 e. The Morgan fingerprint density at radius 3 is 2.46 bits per heavy atom. The molecule has 0 bridgehead atoms. The van der Waals surface area contributed by atoms with Crippen LogP contribution in [-0.4, -0.2) is 21.9 Å². The predicted octanol–water partition coefficient (Wildman–Crippen LogP) is 2.42. The second-order valence-electron chi connectivity index (χ2n) is 3.09. The van der Waals surface area contributed by atoms with E-state index in [1.54, 1.807) is 12.4 Å². The average Bonchev–Trinajstić information content (AvgIpc) is 2.17. The number of hydrogen-bond acceptors (Lipinski definition) is 2. The maximum absolute atomic E-state index is 5.10. The molecule has 1 heterocycles. The van der Waals surface area contributed by atoms with E-state index in [-0.39, 0.29) is 0 Å². The van der Waals surface area contributed by atoms with E-state index in [4.69, 9.17) is 12.2 Å². The van der Waals surface area contributed by atoms with Crippen LogP contribution in [-0.2, 0) is 0 Å². The van der Waals surface area contributed by atoms with E-state index in [0.717, 1.165) is 4.99 Å². The summed E-state index contributed by atoms with van der Waals surface area (Å²) in [4.78, 5) is 6.96. The molecule has 0 amide bonds. The molecule has 1 rings (SSSR count). The third kappa shape index (κ3) is 2.49. The molecule has 0 saturated carbocycles. The van der Waals surface area contributed by atoms with Crippen molar-refractivity contribution in [1.82, 2.24) is 9.88 Å². The molecule has 13 heavy (non-hydrogen) atoms. The van der Waals surface area contributed by atoms with Crippen LogP contribution in [0.1, 0.15) is 25.5 Å². The van der Waals surface area contributed by atoms with Crippen LogP contribution < -0.4 is 0 Å². The van der Waals surface area contributed by atoms with Crippen molar-refractivity contribution in [2.75, 3.05) is 7.05 Å². The molecule has 0 aliphatic heterocycles. The largest absolute Gasteiger partial charge is 0.363 e. The lowest BCUT2D eigenvalue weighted by molar-refractivity contribution is 0.407. The first-order chi connectivity index (χ1) is 6.13. The zero-order valence-electron chi connectivity index (χ0n) is 8.19. The Morgan fingerprint density at radius 1 is 1.46 bits per heavy atom. The van der Waals surface area contributed by atoms with Crippen LogP contribution >= 0.6 is 12.2 Å². The highest BCUT2D eigenvalue weighted by atomic mass is 32.1. The highest BCUT2D eigenvalue weighted by Gasteiger charge is 2.10. The number of nitrogens with zero attached hydrogens (tertiary/aromatic N) is 2. The summed E-state index contributed by atoms with van der Waals surface area (Å²) >= 11 is 5.10. The third-order valence-electron chi connectivity index (χ3n) is 2.27. The highest BCUT2D eigenvalue weighted by molar-refractivity contribution is 7.80. The fraction of sp³-hybridized carbons (Fsp3) is 0.400. The van der Waals surface area contributed by atoms with Gasteiger partial charge in [0.15, 0.2) is 0 Å². The molecule has 0 aliphatic carbocycles. The quantitative estimate of drug-likeness (QED) is 0.673. The van der Waals surface area contributed by atoms with Gasteiger partial charge in [0, 0.05) is 19.4 Å². The van der Waals surface area contributed by atoms with E-state index in [9.17, 15) is 0 Å². The van der Waals surface area contributed by atoms with Gasteiger partial charge in [-0.3, -0.25) is 4.98 Å². The van der Waals surface area contributed by atoms with E-state index >= 15 is 0 Å². The molecule has 0 aliphatic rings. The van der Waals surface area contributed by atoms with Crippen LogP contribution in [0.15, 0.2) is 24.5 Å². The Hall–Kier alpha value is -0.960. The number of pyridine rings is 1. The number of hydrogen-bond donors (Lipinski definition) is 0. The molecule has 1 aromatic heterocycles. The Labute approximate surface area is 84.6 Å². The standard InChI is InChI=1S/C10H14N2S/c1-8(12(3)9(2)13)10-4-6-11-7-5-10/h4-8H,1-3H3. The van der Waals surface area contributed by atoms with Gasteiger partial charge in [-0.2, -0.15) is 0 Å². The van der Waals surface area contributed by atoms with Gasteiger partial charge < -0.3 is 4.90 Å². The second-order valence-corrected chi connectivity index (χ2v) is 3.68. The molecule has 0 aromatic carbocycles. The van der Waals surface area contributed by atoms with E-state index in [2.05, 4.69) is 16.8 Å². The zero-order chi connectivity index (χ0) is 9.84. The van der Waals surface area contributed by atoms with Gasteiger partial charge in [0.1, 0.15) is 0 Å². The molecule has 0 saturated heterocycles. The van der Waals surface area contributed by atoms with Gasteiger partial charge in [-0.25, -0.2) is 0 Å². The molecule has 1 aromatic rings. The highest BCUT2D eigenvalue weighted by Crippen LogP contribution is 2.17. The van der Waals surface area contributed by atoms with E-state index < -0.39 is 0 Å². The van der Waals surface area contributed by atoms with Crippen LogP contribution in [0.5, 0.6) is 0 Å². The summed E-state index contributed by atoms with van der Waals surface area (Å²) < 4.78 is 0. The topological polar surface area (TPSA) is 16.1 Å². The van der Waals surface area contributed by atoms with Crippen molar-refractivity contribution < 1.29 is 0 Å². The summed E-state index contributed by atoms with van der Waals surface area (Å²) in [6.07, 6.45) is 3.61. The molecule has 0 N–H and O–H groups in total. The molecule has 0 radical (unpaired) electrons. The molecule has 70 valence electrons. The fourth-order valence-electron chi connectivity index (χ4n) is 1.14. The van der Waals surface area contributed by atoms with Crippen LogP contribution in [0.3, 0.4) is 0 Å². The van der Waals surface area contributed by atoms with Crippen molar-refractivity contribution in [2.24, 2.45) is 0 Å². The first-order valence-corrected chi connectivity index (χ1v) is 4.67. The lowest BCUT2D eigenvalue weighted by Crippen LogP contribution is -2.25. The summed E-state index contributed by atoms with van der Waals surface area (Å²) in [7, 11) is 2.01. The van der Waals surface area contributed by atoms with E-state index in [0.29, 0.717) is 6.04 Å². The number of thiocarbonyl (C=S) groups is 1. The molecular weight excluding hydrogens is 180 g/mol. The summed E-state index contributed by atoms with van der Waals surface area (Å²) in [5.41, 5.74) is 1.24. The van der Waals surface area contributed by atoms with Gasteiger partial charge in [0.05, 0.1) is 11.0 Å².